The minimum Gasteiger partial charge on any atom is -0.391 e. The maximum atomic E-state index is 9.50. The van der Waals surface area contributed by atoms with Crippen LogP contribution in [0.1, 0.15) is 49.4 Å². The maximum absolute atomic E-state index is 9.50. The number of nitrogens with two attached hydrogens (primary N) is 1. The lowest BCUT2D eigenvalue weighted by atomic mass is 9.92. The molecule has 84 valence electrons. The second-order valence-corrected chi connectivity index (χ2v) is 4.54. The van der Waals surface area contributed by atoms with E-state index in [1.54, 1.807) is 6.92 Å². The molecule has 2 nitrogen and oxygen atoms in total. The normalized spacial score (nSPS) is 15.4. The summed E-state index contributed by atoms with van der Waals surface area (Å²) in [4.78, 5) is 0. The van der Waals surface area contributed by atoms with E-state index < -0.39 is 6.10 Å². The molecule has 3 N–H and O–H groups in total. The van der Waals surface area contributed by atoms with Crippen LogP contribution in [0.15, 0.2) is 18.2 Å². The van der Waals surface area contributed by atoms with Crippen molar-refractivity contribution < 1.29 is 5.11 Å². The van der Waals surface area contributed by atoms with E-state index in [0.29, 0.717) is 5.92 Å². The first-order chi connectivity index (χ1) is 6.93. The Morgan fingerprint density at radius 1 is 1.20 bits per heavy atom. The van der Waals surface area contributed by atoms with Gasteiger partial charge in [0, 0.05) is 0 Å². The third-order valence-electron chi connectivity index (χ3n) is 2.85. The summed E-state index contributed by atoms with van der Waals surface area (Å²) in [5.74, 6) is 0.491. The Balaban J connectivity index is 3.10. The molecule has 0 saturated heterocycles. The molecule has 0 bridgehead atoms. The monoisotopic (exact) mass is 207 g/mol. The van der Waals surface area contributed by atoms with E-state index in [-0.39, 0.29) is 6.04 Å². The molecule has 0 spiro atoms. The average Bonchev–Trinajstić information content (AvgIpc) is 2.16. The van der Waals surface area contributed by atoms with Gasteiger partial charge in [-0.2, -0.15) is 0 Å². The lowest BCUT2D eigenvalue weighted by Gasteiger charge is -2.19. The van der Waals surface area contributed by atoms with E-state index in [1.807, 2.05) is 6.92 Å². The summed E-state index contributed by atoms with van der Waals surface area (Å²) in [6.07, 6.45) is -0.508. The van der Waals surface area contributed by atoms with Gasteiger partial charge in [-0.1, -0.05) is 32.0 Å². The number of aryl methyl sites for hydroxylation is 1. The van der Waals surface area contributed by atoms with Crippen molar-refractivity contribution in [2.75, 3.05) is 0 Å². The molecule has 1 aromatic carbocycles. The van der Waals surface area contributed by atoms with Crippen LogP contribution < -0.4 is 5.73 Å². The molecule has 0 aliphatic heterocycles. The largest absolute Gasteiger partial charge is 0.391 e. The van der Waals surface area contributed by atoms with Crippen molar-refractivity contribution in [2.45, 2.75) is 45.8 Å². The highest BCUT2D eigenvalue weighted by atomic mass is 16.3. The van der Waals surface area contributed by atoms with Crippen LogP contribution in [0.25, 0.3) is 0 Å². The lowest BCUT2D eigenvalue weighted by Crippen LogP contribution is -2.24. The van der Waals surface area contributed by atoms with Crippen LogP contribution in [-0.2, 0) is 0 Å². The smallest absolute Gasteiger partial charge is 0.0704 e. The molecule has 2 unspecified atom stereocenters. The average molecular weight is 207 g/mol. The minimum absolute atomic E-state index is 0.288. The number of aliphatic hydroxyl groups is 1. The fourth-order valence-electron chi connectivity index (χ4n) is 1.64. The predicted molar refractivity (Wildman–Crippen MR) is 63.9 cm³/mol. The Morgan fingerprint density at radius 2 is 1.80 bits per heavy atom. The highest BCUT2D eigenvalue weighted by molar-refractivity contribution is 5.35. The first-order valence-electron chi connectivity index (χ1n) is 5.47. The minimum atomic E-state index is -0.508. The second-order valence-electron chi connectivity index (χ2n) is 4.54. The summed E-state index contributed by atoms with van der Waals surface area (Å²) in [5, 5.41) is 9.50. The van der Waals surface area contributed by atoms with E-state index in [4.69, 9.17) is 5.73 Å². The summed E-state index contributed by atoms with van der Waals surface area (Å²) in [6.45, 7) is 8.07. The summed E-state index contributed by atoms with van der Waals surface area (Å²) < 4.78 is 0. The van der Waals surface area contributed by atoms with Gasteiger partial charge in [0.2, 0.25) is 0 Å². The van der Waals surface area contributed by atoms with Crippen molar-refractivity contribution in [1.29, 1.82) is 0 Å². The van der Waals surface area contributed by atoms with Gasteiger partial charge in [-0.25, -0.2) is 0 Å². The lowest BCUT2D eigenvalue weighted by molar-refractivity contribution is 0.164. The zero-order valence-corrected chi connectivity index (χ0v) is 9.99. The molecule has 0 aliphatic carbocycles. The van der Waals surface area contributed by atoms with E-state index in [2.05, 4.69) is 32.0 Å². The topological polar surface area (TPSA) is 46.2 Å². The van der Waals surface area contributed by atoms with Gasteiger partial charge >= 0.3 is 0 Å². The summed E-state index contributed by atoms with van der Waals surface area (Å²) >= 11 is 0. The number of benzene rings is 1. The third-order valence-corrected chi connectivity index (χ3v) is 2.85. The van der Waals surface area contributed by atoms with Crippen LogP contribution in [0.5, 0.6) is 0 Å². The van der Waals surface area contributed by atoms with Gasteiger partial charge in [-0.3, -0.25) is 0 Å². The van der Waals surface area contributed by atoms with Crippen molar-refractivity contribution in [3.05, 3.63) is 34.9 Å². The number of hydrogen-bond acceptors (Lipinski definition) is 2. The Bertz CT molecular complexity index is 331. The highest BCUT2D eigenvalue weighted by Crippen LogP contribution is 2.23. The Hall–Kier alpha value is -0.860. The highest BCUT2D eigenvalue weighted by Gasteiger charge is 2.15. The standard InChI is InChI=1S/C13H21NO/c1-8(2)11-6-5-9(3)12(7-11)13(14)10(4)15/h5-8,10,13,15H,14H2,1-4H3. The van der Waals surface area contributed by atoms with E-state index in [9.17, 15) is 5.11 Å². The van der Waals surface area contributed by atoms with Crippen molar-refractivity contribution in [3.8, 4) is 0 Å². The van der Waals surface area contributed by atoms with Crippen LogP contribution in [0.3, 0.4) is 0 Å². The molecule has 0 radical (unpaired) electrons. The second kappa shape index (κ2) is 4.77. The summed E-state index contributed by atoms with van der Waals surface area (Å²) in [6, 6.07) is 6.02. The molecule has 0 heterocycles. The molecule has 0 saturated carbocycles. The van der Waals surface area contributed by atoms with E-state index in [0.717, 1.165) is 11.1 Å². The van der Waals surface area contributed by atoms with Crippen LogP contribution >= 0.6 is 0 Å². The number of aliphatic hydroxyl groups excluding tert-OH is 1. The number of rotatable bonds is 3. The molecule has 0 fully saturated rings. The SMILES string of the molecule is Cc1ccc(C(C)C)cc1C(N)C(C)O. The summed E-state index contributed by atoms with van der Waals surface area (Å²) in [7, 11) is 0. The fraction of sp³-hybridized carbons (Fsp3) is 0.538. The van der Waals surface area contributed by atoms with Gasteiger partial charge in [0.25, 0.3) is 0 Å². The van der Waals surface area contributed by atoms with Crippen molar-refractivity contribution in [2.24, 2.45) is 5.73 Å². The van der Waals surface area contributed by atoms with Crippen LogP contribution in [0.2, 0.25) is 0 Å². The van der Waals surface area contributed by atoms with Gasteiger partial charge in [0.15, 0.2) is 0 Å². The molecule has 0 aliphatic rings. The molecule has 1 rings (SSSR count). The van der Waals surface area contributed by atoms with Gasteiger partial charge in [0.1, 0.15) is 0 Å². The first kappa shape index (κ1) is 12.2. The van der Waals surface area contributed by atoms with Crippen molar-refractivity contribution in [3.63, 3.8) is 0 Å². The zero-order chi connectivity index (χ0) is 11.6. The van der Waals surface area contributed by atoms with Gasteiger partial charge < -0.3 is 10.8 Å². The third kappa shape index (κ3) is 2.80. The van der Waals surface area contributed by atoms with Crippen LogP contribution in [0, 0.1) is 6.92 Å². The summed E-state index contributed by atoms with van der Waals surface area (Å²) in [5.41, 5.74) is 9.43. The quantitative estimate of drug-likeness (QED) is 0.800. The van der Waals surface area contributed by atoms with Crippen LogP contribution in [0.4, 0.5) is 0 Å². The molecule has 0 amide bonds. The molecular formula is C13H21NO. The first-order valence-corrected chi connectivity index (χ1v) is 5.47. The molecule has 2 heteroatoms. The molecule has 0 aromatic heterocycles. The molecule has 2 atom stereocenters. The van der Waals surface area contributed by atoms with Gasteiger partial charge in [-0.15, -0.1) is 0 Å². The van der Waals surface area contributed by atoms with Crippen LogP contribution in [-0.4, -0.2) is 11.2 Å². The molecule has 15 heavy (non-hydrogen) atoms. The number of hydrogen-bond donors (Lipinski definition) is 2. The predicted octanol–water partition coefficient (Wildman–Crippen LogP) is 2.50. The fourth-order valence-corrected chi connectivity index (χ4v) is 1.64. The Labute approximate surface area is 92.1 Å². The molecule has 1 aromatic rings. The van der Waals surface area contributed by atoms with E-state index in [1.165, 1.54) is 5.56 Å². The van der Waals surface area contributed by atoms with E-state index >= 15 is 0 Å². The zero-order valence-electron chi connectivity index (χ0n) is 9.99. The maximum Gasteiger partial charge on any atom is 0.0704 e. The Kier molecular flexibility index (Phi) is 3.89. The van der Waals surface area contributed by atoms with Crippen molar-refractivity contribution >= 4 is 0 Å². The van der Waals surface area contributed by atoms with Crippen molar-refractivity contribution in [1.82, 2.24) is 0 Å². The van der Waals surface area contributed by atoms with Gasteiger partial charge in [0.05, 0.1) is 12.1 Å². The Morgan fingerprint density at radius 3 is 2.27 bits per heavy atom. The van der Waals surface area contributed by atoms with Gasteiger partial charge in [-0.05, 0) is 36.5 Å². The molecular weight excluding hydrogens is 186 g/mol.